The molecule has 4 heteroatoms. The van der Waals surface area contributed by atoms with Crippen LogP contribution in [0.15, 0.2) is 45.3 Å². The van der Waals surface area contributed by atoms with Gasteiger partial charge >= 0.3 is 0 Å². The Hall–Kier alpha value is -0.870. The normalized spacial score (nSPS) is 10.4. The van der Waals surface area contributed by atoms with Crippen LogP contribution in [0.1, 0.15) is 0 Å². The van der Waals surface area contributed by atoms with Gasteiger partial charge in [-0.1, -0.05) is 37.9 Å². The van der Waals surface area contributed by atoms with E-state index in [4.69, 9.17) is 4.74 Å². The first-order chi connectivity index (χ1) is 8.11. The lowest BCUT2D eigenvalue weighted by Crippen LogP contribution is -1.90. The molecule has 0 N–H and O–H groups in total. The molecule has 2 aromatic carbocycles. The number of methoxy groups -OCH3 is 1. The van der Waals surface area contributed by atoms with Crippen LogP contribution >= 0.6 is 31.9 Å². The lowest BCUT2D eigenvalue weighted by Gasteiger charge is -2.10. The highest BCUT2D eigenvalue weighted by Crippen LogP contribution is 2.34. The molecule has 0 aliphatic rings. The topological polar surface area (TPSA) is 9.23 Å². The van der Waals surface area contributed by atoms with Gasteiger partial charge in [-0.05, 0) is 30.3 Å². The van der Waals surface area contributed by atoms with Gasteiger partial charge in [0.2, 0.25) is 0 Å². The van der Waals surface area contributed by atoms with Crippen LogP contribution in [-0.2, 0) is 0 Å². The average molecular weight is 360 g/mol. The Morgan fingerprint density at radius 2 is 1.53 bits per heavy atom. The van der Waals surface area contributed by atoms with Crippen LogP contribution in [0.2, 0.25) is 0 Å². The summed E-state index contributed by atoms with van der Waals surface area (Å²) in [6.07, 6.45) is 0. The number of halogens is 3. The second-order valence-corrected chi connectivity index (χ2v) is 5.30. The summed E-state index contributed by atoms with van der Waals surface area (Å²) in [7, 11) is 1.57. The summed E-state index contributed by atoms with van der Waals surface area (Å²) in [5, 5.41) is 0. The van der Waals surface area contributed by atoms with E-state index in [2.05, 4.69) is 31.9 Å². The monoisotopic (exact) mass is 358 g/mol. The van der Waals surface area contributed by atoms with E-state index in [1.54, 1.807) is 19.2 Å². The highest BCUT2D eigenvalue weighted by molar-refractivity contribution is 9.10. The summed E-state index contributed by atoms with van der Waals surface area (Å²) in [4.78, 5) is 0. The molecule has 1 nitrogen and oxygen atoms in total. The minimum Gasteiger partial charge on any atom is -0.496 e. The van der Waals surface area contributed by atoms with Gasteiger partial charge in [-0.15, -0.1) is 0 Å². The number of ether oxygens (including phenoxy) is 1. The van der Waals surface area contributed by atoms with E-state index >= 15 is 0 Å². The highest BCUT2D eigenvalue weighted by Gasteiger charge is 2.11. The molecule has 0 spiro atoms. The van der Waals surface area contributed by atoms with Crippen molar-refractivity contribution in [2.75, 3.05) is 7.11 Å². The molecular formula is C13H9Br2FO. The smallest absolute Gasteiger partial charge is 0.132 e. The molecule has 0 aromatic heterocycles. The Balaban J connectivity index is 2.60. The third-order valence-corrected chi connectivity index (χ3v) is 3.37. The van der Waals surface area contributed by atoms with Gasteiger partial charge in [-0.25, -0.2) is 4.39 Å². The van der Waals surface area contributed by atoms with Gasteiger partial charge in [-0.2, -0.15) is 0 Å². The first kappa shape index (κ1) is 12.6. The number of rotatable bonds is 2. The molecule has 2 aromatic rings. The molecule has 0 amide bonds. The Morgan fingerprint density at radius 3 is 2.12 bits per heavy atom. The Morgan fingerprint density at radius 1 is 0.941 bits per heavy atom. The van der Waals surface area contributed by atoms with Crippen LogP contribution in [-0.4, -0.2) is 7.11 Å². The molecule has 2 rings (SSSR count). The van der Waals surface area contributed by atoms with E-state index in [-0.39, 0.29) is 5.82 Å². The predicted octanol–water partition coefficient (Wildman–Crippen LogP) is 5.03. The summed E-state index contributed by atoms with van der Waals surface area (Å²) in [6, 6.07) is 10.5. The first-order valence-electron chi connectivity index (χ1n) is 4.91. The van der Waals surface area contributed by atoms with Crippen molar-refractivity contribution < 1.29 is 9.13 Å². The average Bonchev–Trinajstić information content (AvgIpc) is 2.30. The fourth-order valence-corrected chi connectivity index (χ4v) is 2.27. The number of hydrogen-bond donors (Lipinski definition) is 0. The molecule has 0 bridgehead atoms. The highest BCUT2D eigenvalue weighted by atomic mass is 79.9. The van der Waals surface area contributed by atoms with Crippen LogP contribution in [0.25, 0.3) is 11.1 Å². The van der Waals surface area contributed by atoms with Gasteiger partial charge < -0.3 is 4.74 Å². The molecule has 0 fully saturated rings. The minimum atomic E-state index is -0.278. The van der Waals surface area contributed by atoms with Crippen LogP contribution in [0.5, 0.6) is 5.75 Å². The Labute approximate surface area is 116 Å². The van der Waals surface area contributed by atoms with Crippen molar-refractivity contribution in [1.29, 1.82) is 0 Å². The van der Waals surface area contributed by atoms with Crippen molar-refractivity contribution in [1.82, 2.24) is 0 Å². The van der Waals surface area contributed by atoms with Crippen LogP contribution in [0.4, 0.5) is 4.39 Å². The van der Waals surface area contributed by atoms with Crippen molar-refractivity contribution in [2.24, 2.45) is 0 Å². The molecule has 0 heterocycles. The van der Waals surface area contributed by atoms with E-state index in [0.29, 0.717) is 11.3 Å². The van der Waals surface area contributed by atoms with Crippen LogP contribution in [0, 0.1) is 5.82 Å². The largest absolute Gasteiger partial charge is 0.496 e. The maximum Gasteiger partial charge on any atom is 0.132 e. The standard InChI is InChI=1S/C13H9Br2FO/c1-17-13-7-9(15)3-5-11(13)10-4-2-8(14)6-12(10)16/h2-7H,1H3. The van der Waals surface area contributed by atoms with Gasteiger partial charge in [0, 0.05) is 20.1 Å². The van der Waals surface area contributed by atoms with Gasteiger partial charge in [0.05, 0.1) is 7.11 Å². The molecule has 0 saturated carbocycles. The minimum absolute atomic E-state index is 0.278. The molecule has 0 aliphatic carbocycles. The first-order valence-corrected chi connectivity index (χ1v) is 6.49. The quantitative estimate of drug-likeness (QED) is 0.730. The SMILES string of the molecule is COc1cc(Br)ccc1-c1ccc(Br)cc1F. The molecule has 0 unspecified atom stereocenters. The summed E-state index contributed by atoms with van der Waals surface area (Å²) < 4.78 is 20.7. The van der Waals surface area contributed by atoms with Crippen molar-refractivity contribution in [3.8, 4) is 16.9 Å². The van der Waals surface area contributed by atoms with Crippen molar-refractivity contribution >= 4 is 31.9 Å². The molecule has 0 radical (unpaired) electrons. The maximum atomic E-state index is 13.9. The fraction of sp³-hybridized carbons (Fsp3) is 0.0769. The van der Waals surface area contributed by atoms with Gasteiger partial charge in [0.15, 0.2) is 0 Å². The second-order valence-electron chi connectivity index (χ2n) is 3.47. The van der Waals surface area contributed by atoms with Gasteiger partial charge in [-0.3, -0.25) is 0 Å². The van der Waals surface area contributed by atoms with Gasteiger partial charge in [0.25, 0.3) is 0 Å². The predicted molar refractivity (Wildman–Crippen MR) is 73.8 cm³/mol. The summed E-state index contributed by atoms with van der Waals surface area (Å²) >= 11 is 6.60. The third-order valence-electron chi connectivity index (χ3n) is 2.38. The zero-order valence-electron chi connectivity index (χ0n) is 9.01. The lowest BCUT2D eigenvalue weighted by atomic mass is 10.0. The van der Waals surface area contributed by atoms with Gasteiger partial charge in [0.1, 0.15) is 11.6 Å². The number of hydrogen-bond acceptors (Lipinski definition) is 1. The molecule has 88 valence electrons. The summed E-state index contributed by atoms with van der Waals surface area (Å²) in [5.41, 5.74) is 1.26. The fourth-order valence-electron chi connectivity index (χ4n) is 1.60. The van der Waals surface area contributed by atoms with E-state index < -0.39 is 0 Å². The van der Waals surface area contributed by atoms with E-state index in [0.717, 1.165) is 14.5 Å². The molecule has 17 heavy (non-hydrogen) atoms. The van der Waals surface area contributed by atoms with Crippen molar-refractivity contribution in [3.05, 3.63) is 51.2 Å². The summed E-state index contributed by atoms with van der Waals surface area (Å²) in [6.45, 7) is 0. The molecular weight excluding hydrogens is 351 g/mol. The number of benzene rings is 2. The van der Waals surface area contributed by atoms with Crippen molar-refractivity contribution in [2.45, 2.75) is 0 Å². The zero-order chi connectivity index (χ0) is 12.4. The third kappa shape index (κ3) is 2.69. The maximum absolute atomic E-state index is 13.9. The molecule has 0 atom stereocenters. The molecule has 0 aliphatic heterocycles. The lowest BCUT2D eigenvalue weighted by molar-refractivity contribution is 0.416. The Kier molecular flexibility index (Phi) is 3.84. The van der Waals surface area contributed by atoms with Crippen LogP contribution in [0.3, 0.4) is 0 Å². The van der Waals surface area contributed by atoms with E-state index in [1.165, 1.54) is 6.07 Å². The van der Waals surface area contributed by atoms with Crippen LogP contribution < -0.4 is 4.74 Å². The van der Waals surface area contributed by atoms with E-state index in [1.807, 2.05) is 18.2 Å². The second kappa shape index (κ2) is 5.19. The van der Waals surface area contributed by atoms with E-state index in [9.17, 15) is 4.39 Å². The Bertz CT molecular complexity index is 555. The molecule has 0 saturated heterocycles. The summed E-state index contributed by atoms with van der Waals surface area (Å²) in [5.74, 6) is 0.362. The zero-order valence-corrected chi connectivity index (χ0v) is 12.2. The van der Waals surface area contributed by atoms with Crippen molar-refractivity contribution in [3.63, 3.8) is 0 Å².